The zero-order chi connectivity index (χ0) is 20.8. The van der Waals surface area contributed by atoms with Gasteiger partial charge in [0.15, 0.2) is 6.29 Å². The number of halogens is 1. The largest absolute Gasteiger partial charge is 0.478 e. The van der Waals surface area contributed by atoms with E-state index in [9.17, 15) is 24.2 Å². The highest BCUT2D eigenvalue weighted by atomic mass is 19.1. The summed E-state index contributed by atoms with van der Waals surface area (Å²) in [6.45, 7) is 0.122. The molecule has 0 amide bonds. The van der Waals surface area contributed by atoms with Gasteiger partial charge in [0.2, 0.25) is 0 Å². The second-order valence-electron chi connectivity index (χ2n) is 6.61. The molecule has 0 radical (unpaired) electrons. The zero-order valence-corrected chi connectivity index (χ0v) is 15.6. The van der Waals surface area contributed by atoms with Crippen molar-refractivity contribution in [2.24, 2.45) is 0 Å². The van der Waals surface area contributed by atoms with Gasteiger partial charge in [0.05, 0.1) is 17.9 Å². The first-order valence-corrected chi connectivity index (χ1v) is 9.08. The summed E-state index contributed by atoms with van der Waals surface area (Å²) in [4.78, 5) is 30.9. The summed E-state index contributed by atoms with van der Waals surface area (Å²) in [6.07, 6.45) is 3.99. The van der Waals surface area contributed by atoms with Crippen molar-refractivity contribution in [1.29, 1.82) is 0 Å². The van der Waals surface area contributed by atoms with Crippen LogP contribution in [-0.2, 0) is 26.0 Å². The highest BCUT2D eigenvalue weighted by Gasteiger charge is 2.11. The molecule has 7 nitrogen and oxygen atoms in total. The van der Waals surface area contributed by atoms with E-state index in [2.05, 4.69) is 9.97 Å². The predicted molar refractivity (Wildman–Crippen MR) is 102 cm³/mol. The molecule has 3 aromatic rings. The number of rotatable bonds is 9. The Morgan fingerprint density at radius 1 is 1.10 bits per heavy atom. The van der Waals surface area contributed by atoms with E-state index in [1.807, 2.05) is 4.57 Å². The van der Waals surface area contributed by atoms with Gasteiger partial charge in [-0.3, -0.25) is 9.78 Å². The minimum atomic E-state index is -1.08. The van der Waals surface area contributed by atoms with Crippen molar-refractivity contribution in [2.75, 3.05) is 0 Å². The molecule has 0 fully saturated rings. The Balaban J connectivity index is 1.71. The molecule has 0 unspecified atom stereocenters. The number of hydrogen-bond donors (Lipinski definition) is 2. The number of aromatic nitrogens is 3. The van der Waals surface area contributed by atoms with Crippen LogP contribution < -0.4 is 0 Å². The van der Waals surface area contributed by atoms with Crippen molar-refractivity contribution < 1.29 is 24.2 Å². The second-order valence-corrected chi connectivity index (χ2v) is 6.61. The molecule has 2 aromatic heterocycles. The number of benzene rings is 1. The second kappa shape index (κ2) is 9.20. The van der Waals surface area contributed by atoms with Crippen LogP contribution in [0.15, 0.2) is 42.6 Å². The fourth-order valence-electron chi connectivity index (χ4n) is 3.07. The van der Waals surface area contributed by atoms with E-state index < -0.39 is 5.97 Å². The summed E-state index contributed by atoms with van der Waals surface area (Å²) in [5.74, 6) is -0.687. The topological polar surface area (TPSA) is 105 Å². The molecule has 0 saturated carbocycles. The number of carboxylic acids is 1. The van der Waals surface area contributed by atoms with Crippen molar-refractivity contribution in [2.45, 2.75) is 32.4 Å². The van der Waals surface area contributed by atoms with Crippen molar-refractivity contribution in [3.05, 3.63) is 82.4 Å². The molecule has 2 N–H and O–H groups in total. The quantitative estimate of drug-likeness (QED) is 0.538. The number of aryl methyl sites for hydroxylation is 2. The first-order chi connectivity index (χ1) is 14.0. The number of aliphatic hydroxyl groups excluding tert-OH is 1. The molecule has 29 heavy (non-hydrogen) atoms. The molecular formula is C21H20FN3O4. The standard InChI is InChI=1S/C21H20FN3O4/c22-16-6-4-14(5-7-16)10-25-11-19(13-27)24-20(25)3-1-2-17-8-15(21(28)29)9-18(12-26)23-17/h4-9,11,13,26H,1-3,10,12H2,(H,28,29). The van der Waals surface area contributed by atoms with Crippen molar-refractivity contribution >= 4 is 12.3 Å². The van der Waals surface area contributed by atoms with Crippen LogP contribution in [0.25, 0.3) is 0 Å². The smallest absolute Gasteiger partial charge is 0.335 e. The summed E-state index contributed by atoms with van der Waals surface area (Å²) in [7, 11) is 0. The van der Waals surface area contributed by atoms with E-state index in [1.165, 1.54) is 24.3 Å². The summed E-state index contributed by atoms with van der Waals surface area (Å²) < 4.78 is 14.9. The number of aromatic carboxylic acids is 1. The van der Waals surface area contributed by atoms with Gasteiger partial charge in [0, 0.05) is 24.9 Å². The Hall–Kier alpha value is -3.39. The number of aldehydes is 1. The van der Waals surface area contributed by atoms with Gasteiger partial charge < -0.3 is 14.8 Å². The van der Waals surface area contributed by atoms with E-state index >= 15 is 0 Å². The monoisotopic (exact) mass is 397 g/mol. The van der Waals surface area contributed by atoms with Crippen molar-refractivity contribution in [3.63, 3.8) is 0 Å². The fourth-order valence-corrected chi connectivity index (χ4v) is 3.07. The van der Waals surface area contributed by atoms with Crippen molar-refractivity contribution in [3.8, 4) is 0 Å². The molecule has 0 bridgehead atoms. The average Bonchev–Trinajstić information content (AvgIpc) is 3.11. The summed E-state index contributed by atoms with van der Waals surface area (Å²) in [6, 6.07) is 8.95. The van der Waals surface area contributed by atoms with Crippen LogP contribution in [0, 0.1) is 5.82 Å². The maximum atomic E-state index is 13.1. The third kappa shape index (κ3) is 5.32. The molecule has 8 heteroatoms. The van der Waals surface area contributed by atoms with Gasteiger partial charge in [-0.05, 0) is 42.7 Å². The van der Waals surface area contributed by atoms with Gasteiger partial charge in [-0.1, -0.05) is 12.1 Å². The molecule has 3 rings (SSSR count). The number of carboxylic acid groups (broad SMARTS) is 1. The molecule has 0 aliphatic carbocycles. The Kier molecular flexibility index (Phi) is 6.46. The van der Waals surface area contributed by atoms with Crippen LogP contribution in [-0.4, -0.2) is 37.0 Å². The minimum absolute atomic E-state index is 0.0834. The van der Waals surface area contributed by atoms with Crippen LogP contribution in [0.2, 0.25) is 0 Å². The summed E-state index contributed by atoms with van der Waals surface area (Å²) >= 11 is 0. The molecule has 0 atom stereocenters. The number of carbonyl (C=O) groups is 2. The van der Waals surface area contributed by atoms with Crippen LogP contribution in [0.4, 0.5) is 4.39 Å². The highest BCUT2D eigenvalue weighted by molar-refractivity contribution is 5.87. The lowest BCUT2D eigenvalue weighted by molar-refractivity contribution is 0.0696. The van der Waals surface area contributed by atoms with Crippen LogP contribution in [0.5, 0.6) is 0 Å². The maximum absolute atomic E-state index is 13.1. The number of carbonyl (C=O) groups excluding carboxylic acids is 1. The Morgan fingerprint density at radius 3 is 2.48 bits per heavy atom. The van der Waals surface area contributed by atoms with E-state index in [1.54, 1.807) is 18.3 Å². The lowest BCUT2D eigenvalue weighted by atomic mass is 10.1. The molecule has 0 spiro atoms. The molecule has 150 valence electrons. The van der Waals surface area contributed by atoms with Crippen LogP contribution in [0.3, 0.4) is 0 Å². The molecule has 0 aliphatic rings. The summed E-state index contributed by atoms with van der Waals surface area (Å²) in [5, 5.41) is 18.4. The van der Waals surface area contributed by atoms with E-state index in [0.717, 1.165) is 5.56 Å². The number of imidazole rings is 1. The van der Waals surface area contributed by atoms with Gasteiger partial charge in [-0.15, -0.1) is 0 Å². The van der Waals surface area contributed by atoms with Gasteiger partial charge in [-0.2, -0.15) is 0 Å². The van der Waals surface area contributed by atoms with Crippen LogP contribution in [0.1, 0.15) is 50.0 Å². The number of pyridine rings is 1. The van der Waals surface area contributed by atoms with Gasteiger partial charge >= 0.3 is 5.97 Å². The van der Waals surface area contributed by atoms with Gasteiger partial charge in [0.25, 0.3) is 0 Å². The average molecular weight is 397 g/mol. The van der Waals surface area contributed by atoms with Crippen molar-refractivity contribution in [1.82, 2.24) is 14.5 Å². The molecule has 2 heterocycles. The minimum Gasteiger partial charge on any atom is -0.478 e. The van der Waals surface area contributed by atoms with Gasteiger partial charge in [0.1, 0.15) is 17.3 Å². The molecule has 0 aliphatic heterocycles. The molecule has 0 saturated heterocycles. The Labute approximate surface area is 166 Å². The number of hydrogen-bond acceptors (Lipinski definition) is 5. The van der Waals surface area contributed by atoms with E-state index in [-0.39, 0.29) is 18.0 Å². The number of nitrogens with zero attached hydrogens (tertiary/aromatic N) is 3. The third-order valence-corrected chi connectivity index (χ3v) is 4.44. The lowest BCUT2D eigenvalue weighted by Crippen LogP contribution is -2.07. The SMILES string of the molecule is O=Cc1cn(Cc2ccc(F)cc2)c(CCCc2cc(C(=O)O)cc(CO)n2)n1. The Morgan fingerprint density at radius 2 is 1.83 bits per heavy atom. The molecule has 1 aromatic carbocycles. The van der Waals surface area contributed by atoms with Gasteiger partial charge in [-0.25, -0.2) is 14.2 Å². The van der Waals surface area contributed by atoms with E-state index in [0.29, 0.717) is 55.0 Å². The van der Waals surface area contributed by atoms with Crippen LogP contribution >= 0.6 is 0 Å². The lowest BCUT2D eigenvalue weighted by Gasteiger charge is -2.09. The fraction of sp³-hybridized carbons (Fsp3) is 0.238. The number of aliphatic hydroxyl groups is 1. The first kappa shape index (κ1) is 20.3. The predicted octanol–water partition coefficient (Wildman–Crippen LogP) is 2.64. The maximum Gasteiger partial charge on any atom is 0.335 e. The third-order valence-electron chi connectivity index (χ3n) is 4.44. The summed E-state index contributed by atoms with van der Waals surface area (Å²) in [5.41, 5.74) is 2.16. The molecular weight excluding hydrogens is 377 g/mol. The van der Waals surface area contributed by atoms with E-state index in [4.69, 9.17) is 0 Å². The Bertz CT molecular complexity index is 1020. The normalized spacial score (nSPS) is 10.8. The zero-order valence-electron chi connectivity index (χ0n) is 15.6. The highest BCUT2D eigenvalue weighted by Crippen LogP contribution is 2.13. The first-order valence-electron chi connectivity index (χ1n) is 9.08.